The third-order valence-corrected chi connectivity index (χ3v) is 3.55. The van der Waals surface area contributed by atoms with Crippen LogP contribution in [0.5, 0.6) is 0 Å². The molecule has 102 valence electrons. The quantitative estimate of drug-likeness (QED) is 0.789. The first-order valence-electron chi connectivity index (χ1n) is 6.53. The van der Waals surface area contributed by atoms with Crippen LogP contribution in [0.15, 0.2) is 29.4 Å². The first kappa shape index (κ1) is 14.0. The maximum atomic E-state index is 4.33. The van der Waals surface area contributed by atoms with E-state index in [1.807, 2.05) is 17.9 Å². The van der Waals surface area contributed by atoms with Crippen molar-refractivity contribution < 1.29 is 0 Å². The fourth-order valence-corrected chi connectivity index (χ4v) is 2.52. The topological polar surface area (TPSA) is 41.1 Å². The number of pyridine rings is 1. The van der Waals surface area contributed by atoms with E-state index < -0.39 is 0 Å². The minimum atomic E-state index is 0.828. The lowest BCUT2D eigenvalue weighted by Gasteiger charge is -2.21. The molecule has 19 heavy (non-hydrogen) atoms. The van der Waals surface area contributed by atoms with Crippen LogP contribution in [-0.4, -0.2) is 23.6 Å². The van der Waals surface area contributed by atoms with E-state index in [-0.39, 0.29) is 0 Å². The molecule has 0 aliphatic heterocycles. The lowest BCUT2D eigenvalue weighted by atomic mass is 10.2. The number of nitrogens with zero attached hydrogens (tertiary/aromatic N) is 3. The zero-order valence-electron chi connectivity index (χ0n) is 11.5. The van der Waals surface area contributed by atoms with Gasteiger partial charge in [-0.3, -0.25) is 4.98 Å². The van der Waals surface area contributed by atoms with Crippen molar-refractivity contribution >= 4 is 17.0 Å². The van der Waals surface area contributed by atoms with Gasteiger partial charge in [-0.25, -0.2) is 4.98 Å². The molecule has 2 aromatic heterocycles. The van der Waals surface area contributed by atoms with Crippen LogP contribution in [-0.2, 0) is 13.1 Å². The zero-order chi connectivity index (χ0) is 13.5. The summed E-state index contributed by atoms with van der Waals surface area (Å²) in [6.07, 6.45) is 4.93. The number of anilines is 1. The summed E-state index contributed by atoms with van der Waals surface area (Å²) in [5, 5.41) is 5.52. The van der Waals surface area contributed by atoms with E-state index in [2.05, 4.69) is 45.6 Å². The monoisotopic (exact) mass is 276 g/mol. The van der Waals surface area contributed by atoms with E-state index in [0.717, 1.165) is 31.7 Å². The van der Waals surface area contributed by atoms with Gasteiger partial charge in [-0.15, -0.1) is 11.3 Å². The first-order chi connectivity index (χ1) is 9.31. The molecule has 2 aromatic rings. The van der Waals surface area contributed by atoms with Crippen molar-refractivity contribution in [1.29, 1.82) is 0 Å². The molecule has 0 atom stereocenters. The third-order valence-electron chi connectivity index (χ3n) is 2.91. The zero-order valence-corrected chi connectivity index (χ0v) is 12.3. The van der Waals surface area contributed by atoms with Gasteiger partial charge in [-0.2, -0.15) is 0 Å². The molecule has 5 heteroatoms. The minimum Gasteiger partial charge on any atom is -0.368 e. The Hall–Kier alpha value is -1.46. The number of rotatable bonds is 7. The van der Waals surface area contributed by atoms with Gasteiger partial charge in [0.1, 0.15) is 0 Å². The Bertz CT molecular complexity index is 484. The van der Waals surface area contributed by atoms with E-state index in [1.165, 1.54) is 11.3 Å². The van der Waals surface area contributed by atoms with E-state index in [9.17, 15) is 0 Å². The molecule has 0 saturated heterocycles. The van der Waals surface area contributed by atoms with Crippen molar-refractivity contribution in [2.24, 2.45) is 0 Å². The second kappa shape index (κ2) is 7.21. The number of hydrogen-bond donors (Lipinski definition) is 1. The summed E-state index contributed by atoms with van der Waals surface area (Å²) < 4.78 is 0. The summed E-state index contributed by atoms with van der Waals surface area (Å²) in [7, 11) is 2.10. The van der Waals surface area contributed by atoms with Gasteiger partial charge in [0.25, 0.3) is 0 Å². The molecule has 0 unspecified atom stereocenters. The normalized spacial score (nSPS) is 10.6. The van der Waals surface area contributed by atoms with E-state index in [4.69, 9.17) is 0 Å². The maximum Gasteiger partial charge on any atom is 0.0795 e. The average molecular weight is 276 g/mol. The van der Waals surface area contributed by atoms with Gasteiger partial charge in [-0.1, -0.05) is 6.92 Å². The highest BCUT2D eigenvalue weighted by molar-refractivity contribution is 7.07. The van der Waals surface area contributed by atoms with Crippen molar-refractivity contribution in [3.63, 3.8) is 0 Å². The summed E-state index contributed by atoms with van der Waals surface area (Å²) in [6, 6.07) is 2.06. The van der Waals surface area contributed by atoms with Gasteiger partial charge in [0, 0.05) is 42.6 Å². The highest BCUT2D eigenvalue weighted by Crippen LogP contribution is 2.19. The van der Waals surface area contributed by atoms with Gasteiger partial charge in [0.05, 0.1) is 17.7 Å². The molecule has 4 nitrogen and oxygen atoms in total. The van der Waals surface area contributed by atoms with Gasteiger partial charge < -0.3 is 10.2 Å². The smallest absolute Gasteiger partial charge is 0.0795 e. The van der Waals surface area contributed by atoms with Gasteiger partial charge in [-0.05, 0) is 19.0 Å². The number of nitrogens with one attached hydrogen (secondary N) is 1. The molecule has 2 rings (SSSR count). The SMILES string of the molecule is CCCNCc1cnccc1N(C)Cc1cscn1. The number of hydrogen-bond acceptors (Lipinski definition) is 5. The fraction of sp³-hybridized carbons (Fsp3) is 0.429. The molecule has 2 heterocycles. The summed E-state index contributed by atoms with van der Waals surface area (Å²) in [4.78, 5) is 10.8. The predicted molar refractivity (Wildman–Crippen MR) is 80.5 cm³/mol. The molecule has 0 amide bonds. The Balaban J connectivity index is 2.05. The summed E-state index contributed by atoms with van der Waals surface area (Å²) in [6.45, 7) is 4.89. The standard InChI is InChI=1S/C14H20N4S/c1-3-5-15-7-12-8-16-6-4-14(12)18(2)9-13-10-19-11-17-13/h4,6,8,10-11,15H,3,5,7,9H2,1-2H3. The molecule has 0 aliphatic carbocycles. The largest absolute Gasteiger partial charge is 0.368 e. The summed E-state index contributed by atoms with van der Waals surface area (Å²) >= 11 is 1.64. The molecule has 0 bridgehead atoms. The van der Waals surface area contributed by atoms with E-state index >= 15 is 0 Å². The average Bonchev–Trinajstić information content (AvgIpc) is 2.92. The van der Waals surface area contributed by atoms with Crippen LogP contribution in [0.1, 0.15) is 24.6 Å². The summed E-state index contributed by atoms with van der Waals surface area (Å²) in [5.41, 5.74) is 5.43. The molecule has 0 aliphatic rings. The van der Waals surface area contributed by atoms with Crippen LogP contribution >= 0.6 is 11.3 Å². The molecule has 0 fully saturated rings. The lowest BCUT2D eigenvalue weighted by Crippen LogP contribution is -2.21. The fourth-order valence-electron chi connectivity index (χ4n) is 1.97. The van der Waals surface area contributed by atoms with Crippen molar-refractivity contribution in [3.05, 3.63) is 40.6 Å². The third kappa shape index (κ3) is 4.01. The number of aromatic nitrogens is 2. The van der Waals surface area contributed by atoms with Crippen LogP contribution in [0.4, 0.5) is 5.69 Å². The van der Waals surface area contributed by atoms with Crippen LogP contribution in [0, 0.1) is 0 Å². The highest BCUT2D eigenvalue weighted by atomic mass is 32.1. The Morgan fingerprint density at radius 3 is 3.05 bits per heavy atom. The van der Waals surface area contributed by atoms with E-state index in [0.29, 0.717) is 0 Å². The van der Waals surface area contributed by atoms with Gasteiger partial charge >= 0.3 is 0 Å². The highest BCUT2D eigenvalue weighted by Gasteiger charge is 2.08. The molecule has 0 radical (unpaired) electrons. The molecular weight excluding hydrogens is 256 g/mol. The van der Waals surface area contributed by atoms with Gasteiger partial charge in [0.2, 0.25) is 0 Å². The Morgan fingerprint density at radius 1 is 1.42 bits per heavy atom. The molecule has 0 spiro atoms. The molecular formula is C14H20N4S. The molecule has 0 saturated carbocycles. The van der Waals surface area contributed by atoms with Gasteiger partial charge in [0.15, 0.2) is 0 Å². The molecule has 1 N–H and O–H groups in total. The van der Waals surface area contributed by atoms with Crippen LogP contribution in [0.2, 0.25) is 0 Å². The second-order valence-corrected chi connectivity index (χ2v) is 5.24. The van der Waals surface area contributed by atoms with Crippen molar-refractivity contribution in [1.82, 2.24) is 15.3 Å². The van der Waals surface area contributed by atoms with Crippen LogP contribution < -0.4 is 10.2 Å². The Labute approximate surface area is 118 Å². The van der Waals surface area contributed by atoms with Crippen LogP contribution in [0.3, 0.4) is 0 Å². The molecule has 0 aromatic carbocycles. The van der Waals surface area contributed by atoms with Crippen molar-refractivity contribution in [2.75, 3.05) is 18.5 Å². The van der Waals surface area contributed by atoms with E-state index in [1.54, 1.807) is 11.3 Å². The second-order valence-electron chi connectivity index (χ2n) is 4.52. The number of thiazole rings is 1. The first-order valence-corrected chi connectivity index (χ1v) is 7.47. The van der Waals surface area contributed by atoms with Crippen molar-refractivity contribution in [2.45, 2.75) is 26.4 Å². The lowest BCUT2D eigenvalue weighted by molar-refractivity contribution is 0.672. The summed E-state index contributed by atoms with van der Waals surface area (Å²) in [5.74, 6) is 0. The van der Waals surface area contributed by atoms with Crippen molar-refractivity contribution in [3.8, 4) is 0 Å². The predicted octanol–water partition coefficient (Wildman–Crippen LogP) is 2.67. The Morgan fingerprint density at radius 2 is 2.32 bits per heavy atom. The van der Waals surface area contributed by atoms with Crippen LogP contribution in [0.25, 0.3) is 0 Å². The minimum absolute atomic E-state index is 0.828. The maximum absolute atomic E-state index is 4.33. The Kier molecular flexibility index (Phi) is 5.30.